The highest BCUT2D eigenvalue weighted by molar-refractivity contribution is 7.11. The van der Waals surface area contributed by atoms with Crippen LogP contribution < -0.4 is 5.32 Å². The number of amides is 1. The summed E-state index contributed by atoms with van der Waals surface area (Å²) in [4.78, 5) is 19.7. The number of aromatic nitrogens is 1. The standard InChI is InChI=1S/C16H21N3OS/c1-11(2)18-15-8-6-5-7-14(15)16(20)19(4)10-13-9-17-12(3)21-13/h5-9,11,18H,10H2,1-4H3. The van der Waals surface area contributed by atoms with Crippen molar-refractivity contribution in [3.8, 4) is 0 Å². The Labute approximate surface area is 129 Å². The van der Waals surface area contributed by atoms with Gasteiger partial charge in [0, 0.05) is 29.9 Å². The molecule has 2 aromatic rings. The normalized spacial score (nSPS) is 10.7. The van der Waals surface area contributed by atoms with Crippen molar-refractivity contribution in [1.82, 2.24) is 9.88 Å². The van der Waals surface area contributed by atoms with Gasteiger partial charge in [0.1, 0.15) is 0 Å². The Morgan fingerprint density at radius 3 is 2.71 bits per heavy atom. The number of hydrogen-bond donors (Lipinski definition) is 1. The van der Waals surface area contributed by atoms with Crippen LogP contribution in [0.4, 0.5) is 5.69 Å². The number of rotatable bonds is 5. The molecule has 1 amide bonds. The van der Waals surface area contributed by atoms with E-state index in [1.54, 1.807) is 16.2 Å². The van der Waals surface area contributed by atoms with Crippen molar-refractivity contribution in [2.45, 2.75) is 33.4 Å². The summed E-state index contributed by atoms with van der Waals surface area (Å²) in [5, 5.41) is 4.34. The van der Waals surface area contributed by atoms with Gasteiger partial charge in [-0.2, -0.15) is 0 Å². The summed E-state index contributed by atoms with van der Waals surface area (Å²) >= 11 is 1.62. The summed E-state index contributed by atoms with van der Waals surface area (Å²) in [7, 11) is 1.82. The monoisotopic (exact) mass is 303 g/mol. The molecule has 2 rings (SSSR count). The van der Waals surface area contributed by atoms with Gasteiger partial charge in [0.05, 0.1) is 17.1 Å². The third kappa shape index (κ3) is 4.04. The highest BCUT2D eigenvalue weighted by atomic mass is 32.1. The van der Waals surface area contributed by atoms with Gasteiger partial charge in [-0.15, -0.1) is 11.3 Å². The first-order chi connectivity index (χ1) is 9.97. The first kappa shape index (κ1) is 15.5. The number of nitrogens with one attached hydrogen (secondary N) is 1. The molecule has 0 radical (unpaired) electrons. The lowest BCUT2D eigenvalue weighted by Gasteiger charge is -2.20. The fraction of sp³-hybridized carbons (Fsp3) is 0.375. The molecule has 0 spiro atoms. The summed E-state index contributed by atoms with van der Waals surface area (Å²) in [6.07, 6.45) is 1.84. The van der Waals surface area contributed by atoms with Gasteiger partial charge < -0.3 is 10.2 Å². The number of aryl methyl sites for hydroxylation is 1. The summed E-state index contributed by atoms with van der Waals surface area (Å²) < 4.78 is 0. The van der Waals surface area contributed by atoms with E-state index in [1.807, 2.05) is 44.4 Å². The second kappa shape index (κ2) is 6.72. The Morgan fingerprint density at radius 2 is 2.10 bits per heavy atom. The Hall–Kier alpha value is -1.88. The van der Waals surface area contributed by atoms with Gasteiger partial charge in [-0.25, -0.2) is 4.98 Å². The zero-order valence-electron chi connectivity index (χ0n) is 12.9. The fourth-order valence-corrected chi connectivity index (χ4v) is 2.94. The van der Waals surface area contributed by atoms with Gasteiger partial charge in [0.15, 0.2) is 0 Å². The molecule has 1 N–H and O–H groups in total. The highest BCUT2D eigenvalue weighted by Crippen LogP contribution is 2.20. The number of carbonyl (C=O) groups is 1. The molecule has 0 atom stereocenters. The topological polar surface area (TPSA) is 45.2 Å². The van der Waals surface area contributed by atoms with E-state index in [0.717, 1.165) is 15.6 Å². The molecule has 0 aliphatic rings. The van der Waals surface area contributed by atoms with Crippen LogP contribution in [0.15, 0.2) is 30.5 Å². The van der Waals surface area contributed by atoms with E-state index in [-0.39, 0.29) is 11.9 Å². The van der Waals surface area contributed by atoms with E-state index in [9.17, 15) is 4.79 Å². The molecule has 0 fully saturated rings. The van der Waals surface area contributed by atoms with Crippen molar-refractivity contribution in [3.05, 3.63) is 45.9 Å². The molecule has 4 nitrogen and oxygen atoms in total. The average molecular weight is 303 g/mol. The zero-order valence-corrected chi connectivity index (χ0v) is 13.7. The largest absolute Gasteiger partial charge is 0.382 e. The van der Waals surface area contributed by atoms with Crippen molar-refractivity contribution < 1.29 is 4.79 Å². The molecule has 21 heavy (non-hydrogen) atoms. The Bertz CT molecular complexity index is 621. The number of benzene rings is 1. The predicted octanol–water partition coefficient (Wildman–Crippen LogP) is 3.54. The number of hydrogen-bond acceptors (Lipinski definition) is 4. The van der Waals surface area contributed by atoms with Crippen LogP contribution in [-0.4, -0.2) is 28.9 Å². The quantitative estimate of drug-likeness (QED) is 0.919. The smallest absolute Gasteiger partial charge is 0.256 e. The van der Waals surface area contributed by atoms with Crippen molar-refractivity contribution in [1.29, 1.82) is 0 Å². The van der Waals surface area contributed by atoms with Crippen LogP contribution in [0.2, 0.25) is 0 Å². The third-order valence-corrected chi connectivity index (χ3v) is 3.91. The molecule has 1 heterocycles. The van der Waals surface area contributed by atoms with Gasteiger partial charge >= 0.3 is 0 Å². The van der Waals surface area contributed by atoms with Crippen molar-refractivity contribution in [3.63, 3.8) is 0 Å². The Balaban J connectivity index is 2.15. The number of nitrogens with zero attached hydrogens (tertiary/aromatic N) is 2. The van der Waals surface area contributed by atoms with E-state index in [2.05, 4.69) is 24.1 Å². The summed E-state index contributed by atoms with van der Waals surface area (Å²) in [6, 6.07) is 7.92. The summed E-state index contributed by atoms with van der Waals surface area (Å²) in [5.41, 5.74) is 1.58. The van der Waals surface area contributed by atoms with E-state index >= 15 is 0 Å². The maximum Gasteiger partial charge on any atom is 0.256 e. The SMILES string of the molecule is Cc1ncc(CN(C)C(=O)c2ccccc2NC(C)C)s1. The lowest BCUT2D eigenvalue weighted by Crippen LogP contribution is -2.27. The van der Waals surface area contributed by atoms with E-state index < -0.39 is 0 Å². The number of thiazole rings is 1. The number of anilines is 1. The molecule has 0 saturated carbocycles. The summed E-state index contributed by atoms with van der Waals surface area (Å²) in [5.74, 6) is 0.0183. The molecular weight excluding hydrogens is 282 g/mol. The van der Waals surface area contributed by atoms with Gasteiger partial charge in [-0.1, -0.05) is 12.1 Å². The number of carbonyl (C=O) groups excluding carboxylic acids is 1. The van der Waals surface area contributed by atoms with Crippen LogP contribution in [0, 0.1) is 6.92 Å². The Kier molecular flexibility index (Phi) is 4.96. The molecular formula is C16H21N3OS. The molecule has 0 unspecified atom stereocenters. The lowest BCUT2D eigenvalue weighted by atomic mass is 10.1. The lowest BCUT2D eigenvalue weighted by molar-refractivity contribution is 0.0787. The van der Waals surface area contributed by atoms with Gasteiger partial charge in [0.25, 0.3) is 5.91 Å². The van der Waals surface area contributed by atoms with Gasteiger partial charge in [-0.3, -0.25) is 4.79 Å². The van der Waals surface area contributed by atoms with Crippen LogP contribution in [0.5, 0.6) is 0 Å². The van der Waals surface area contributed by atoms with Crippen LogP contribution in [0.1, 0.15) is 34.1 Å². The van der Waals surface area contributed by atoms with Crippen molar-refractivity contribution in [2.75, 3.05) is 12.4 Å². The van der Waals surface area contributed by atoms with Gasteiger partial charge in [0.2, 0.25) is 0 Å². The van der Waals surface area contributed by atoms with Crippen LogP contribution >= 0.6 is 11.3 Å². The third-order valence-electron chi connectivity index (χ3n) is 3.01. The molecule has 1 aromatic heterocycles. The zero-order chi connectivity index (χ0) is 15.4. The minimum absolute atomic E-state index is 0.0183. The first-order valence-electron chi connectivity index (χ1n) is 6.99. The molecule has 112 valence electrons. The molecule has 0 bridgehead atoms. The van der Waals surface area contributed by atoms with Gasteiger partial charge in [-0.05, 0) is 32.9 Å². The molecule has 5 heteroatoms. The second-order valence-electron chi connectivity index (χ2n) is 5.35. The predicted molar refractivity (Wildman–Crippen MR) is 87.8 cm³/mol. The maximum atomic E-state index is 12.6. The van der Waals surface area contributed by atoms with E-state index in [4.69, 9.17) is 0 Å². The fourth-order valence-electron chi connectivity index (χ4n) is 2.10. The maximum absolute atomic E-state index is 12.6. The molecule has 0 aliphatic carbocycles. The molecule has 0 aliphatic heterocycles. The van der Waals surface area contributed by atoms with Crippen LogP contribution in [0.3, 0.4) is 0 Å². The Morgan fingerprint density at radius 1 is 1.38 bits per heavy atom. The molecule has 1 aromatic carbocycles. The first-order valence-corrected chi connectivity index (χ1v) is 7.81. The van der Waals surface area contributed by atoms with E-state index in [0.29, 0.717) is 12.1 Å². The van der Waals surface area contributed by atoms with Crippen molar-refractivity contribution >= 4 is 22.9 Å². The van der Waals surface area contributed by atoms with E-state index in [1.165, 1.54) is 0 Å². The molecule has 0 saturated heterocycles. The van der Waals surface area contributed by atoms with Crippen LogP contribution in [-0.2, 0) is 6.54 Å². The number of para-hydroxylation sites is 1. The van der Waals surface area contributed by atoms with Crippen molar-refractivity contribution in [2.24, 2.45) is 0 Å². The minimum Gasteiger partial charge on any atom is -0.382 e. The summed E-state index contributed by atoms with van der Waals surface area (Å²) in [6.45, 7) is 6.67. The average Bonchev–Trinajstić information content (AvgIpc) is 2.83. The van der Waals surface area contributed by atoms with Crippen LogP contribution in [0.25, 0.3) is 0 Å². The second-order valence-corrected chi connectivity index (χ2v) is 6.67. The highest BCUT2D eigenvalue weighted by Gasteiger charge is 2.16. The minimum atomic E-state index is 0.0183.